The molecule has 62 valence electrons. The first-order chi connectivity index (χ1) is 4.48. The number of aliphatic hydroxyl groups excluding tert-OH is 1. The van der Waals surface area contributed by atoms with Gasteiger partial charge in [-0.15, -0.1) is 0 Å². The fourth-order valence-corrected chi connectivity index (χ4v) is 0.832. The molecule has 0 aliphatic heterocycles. The summed E-state index contributed by atoms with van der Waals surface area (Å²) in [6, 6.07) is 0. The van der Waals surface area contributed by atoms with E-state index in [0.717, 1.165) is 0 Å². The maximum absolute atomic E-state index is 10.1. The third kappa shape index (κ3) is 3.78. The largest absolute Gasteiger partial charge is 0.375 e. The van der Waals surface area contributed by atoms with E-state index in [0.29, 0.717) is 6.54 Å². The standard InChI is InChI=1S/C4H11NO4S/c1-5-3-2-4(6)10(7,8)9/h4-6H,2-3H2,1H3,(H,7,8,9). The lowest BCUT2D eigenvalue weighted by Crippen LogP contribution is -2.24. The van der Waals surface area contributed by atoms with Crippen molar-refractivity contribution >= 4 is 10.1 Å². The van der Waals surface area contributed by atoms with Crippen LogP contribution in [0.15, 0.2) is 0 Å². The average molecular weight is 169 g/mol. The minimum Gasteiger partial charge on any atom is -0.375 e. The highest BCUT2D eigenvalue weighted by atomic mass is 32.2. The first-order valence-electron chi connectivity index (χ1n) is 2.77. The van der Waals surface area contributed by atoms with Gasteiger partial charge in [0, 0.05) is 6.42 Å². The van der Waals surface area contributed by atoms with Crippen molar-refractivity contribution in [3.05, 3.63) is 0 Å². The van der Waals surface area contributed by atoms with Gasteiger partial charge in [-0.25, -0.2) is 0 Å². The molecule has 0 saturated heterocycles. The SMILES string of the molecule is CNCCC(O)S(=O)(=O)O. The predicted octanol–water partition coefficient (Wildman–Crippen LogP) is -1.20. The van der Waals surface area contributed by atoms with E-state index in [9.17, 15) is 8.42 Å². The first kappa shape index (κ1) is 9.83. The van der Waals surface area contributed by atoms with Crippen LogP contribution >= 0.6 is 0 Å². The molecule has 0 fully saturated rings. The molecular formula is C4H11NO4S. The number of hydrogen-bond acceptors (Lipinski definition) is 4. The van der Waals surface area contributed by atoms with Gasteiger partial charge in [-0.3, -0.25) is 4.55 Å². The van der Waals surface area contributed by atoms with Gasteiger partial charge in [0.2, 0.25) is 0 Å². The third-order valence-electron chi connectivity index (χ3n) is 0.985. The Hall–Kier alpha value is -0.170. The van der Waals surface area contributed by atoms with Crippen molar-refractivity contribution in [1.29, 1.82) is 0 Å². The predicted molar refractivity (Wildman–Crippen MR) is 36.1 cm³/mol. The second-order valence-electron chi connectivity index (χ2n) is 1.86. The van der Waals surface area contributed by atoms with Crippen LogP contribution in [-0.4, -0.2) is 37.1 Å². The van der Waals surface area contributed by atoms with Crippen LogP contribution in [-0.2, 0) is 10.1 Å². The molecule has 1 atom stereocenters. The molecule has 0 saturated carbocycles. The van der Waals surface area contributed by atoms with Crippen molar-refractivity contribution in [3.8, 4) is 0 Å². The van der Waals surface area contributed by atoms with E-state index in [1.54, 1.807) is 7.05 Å². The topological polar surface area (TPSA) is 86.6 Å². The summed E-state index contributed by atoms with van der Waals surface area (Å²) in [6.45, 7) is 0.348. The van der Waals surface area contributed by atoms with E-state index in [1.807, 2.05) is 0 Å². The highest BCUT2D eigenvalue weighted by Gasteiger charge is 2.17. The monoisotopic (exact) mass is 169 g/mol. The molecule has 10 heavy (non-hydrogen) atoms. The molecule has 5 nitrogen and oxygen atoms in total. The van der Waals surface area contributed by atoms with Gasteiger partial charge in [-0.05, 0) is 13.6 Å². The minimum atomic E-state index is -4.26. The Bertz CT molecular complexity index is 176. The molecule has 0 spiro atoms. The molecule has 0 aromatic carbocycles. The Morgan fingerprint density at radius 1 is 1.60 bits per heavy atom. The third-order valence-corrected chi connectivity index (χ3v) is 1.91. The smallest absolute Gasteiger partial charge is 0.292 e. The molecule has 0 radical (unpaired) electrons. The lowest BCUT2D eigenvalue weighted by Gasteiger charge is -2.04. The van der Waals surface area contributed by atoms with Crippen LogP contribution in [0.25, 0.3) is 0 Å². The van der Waals surface area contributed by atoms with Gasteiger partial charge in [-0.1, -0.05) is 0 Å². The fraction of sp³-hybridized carbons (Fsp3) is 1.00. The van der Waals surface area contributed by atoms with Gasteiger partial charge in [0.05, 0.1) is 0 Å². The number of nitrogens with one attached hydrogen (secondary N) is 1. The lowest BCUT2D eigenvalue weighted by atomic mass is 10.4. The number of aliphatic hydroxyl groups is 1. The highest BCUT2D eigenvalue weighted by Crippen LogP contribution is 1.97. The number of rotatable bonds is 4. The van der Waals surface area contributed by atoms with Gasteiger partial charge in [-0.2, -0.15) is 8.42 Å². The Morgan fingerprint density at radius 2 is 2.10 bits per heavy atom. The van der Waals surface area contributed by atoms with Crippen LogP contribution in [0.2, 0.25) is 0 Å². The molecule has 0 amide bonds. The maximum Gasteiger partial charge on any atom is 0.292 e. The fourth-order valence-electron chi connectivity index (χ4n) is 0.417. The zero-order valence-electron chi connectivity index (χ0n) is 5.61. The van der Waals surface area contributed by atoms with Crippen LogP contribution in [0, 0.1) is 0 Å². The first-order valence-corrected chi connectivity index (χ1v) is 4.27. The summed E-state index contributed by atoms with van der Waals surface area (Å²) >= 11 is 0. The molecule has 3 N–H and O–H groups in total. The van der Waals surface area contributed by atoms with Crippen LogP contribution in [0.3, 0.4) is 0 Å². The Labute approximate surface area is 59.8 Å². The van der Waals surface area contributed by atoms with Crippen molar-refractivity contribution in [1.82, 2.24) is 5.32 Å². The summed E-state index contributed by atoms with van der Waals surface area (Å²) in [5.41, 5.74) is -1.67. The van der Waals surface area contributed by atoms with Gasteiger partial charge in [0.15, 0.2) is 5.44 Å². The van der Waals surface area contributed by atoms with Crippen LogP contribution < -0.4 is 5.32 Å². The summed E-state index contributed by atoms with van der Waals surface area (Å²) in [5, 5.41) is 11.3. The van der Waals surface area contributed by atoms with Crippen molar-refractivity contribution in [2.45, 2.75) is 11.9 Å². The molecular weight excluding hydrogens is 158 g/mol. The summed E-state index contributed by atoms with van der Waals surface area (Å²) in [4.78, 5) is 0. The summed E-state index contributed by atoms with van der Waals surface area (Å²) < 4.78 is 28.4. The van der Waals surface area contributed by atoms with E-state index < -0.39 is 15.6 Å². The van der Waals surface area contributed by atoms with E-state index in [1.165, 1.54) is 0 Å². The quantitative estimate of drug-likeness (QED) is 0.460. The second-order valence-corrected chi connectivity index (χ2v) is 3.44. The molecule has 6 heteroatoms. The lowest BCUT2D eigenvalue weighted by molar-refractivity contribution is 0.223. The van der Waals surface area contributed by atoms with Crippen molar-refractivity contribution < 1.29 is 18.1 Å². The normalized spacial score (nSPS) is 15.1. The van der Waals surface area contributed by atoms with Crippen LogP contribution in [0.4, 0.5) is 0 Å². The van der Waals surface area contributed by atoms with Crippen molar-refractivity contribution in [2.75, 3.05) is 13.6 Å². The van der Waals surface area contributed by atoms with Gasteiger partial charge in [0.1, 0.15) is 0 Å². The molecule has 0 bridgehead atoms. The summed E-state index contributed by atoms with van der Waals surface area (Å²) in [6.07, 6.45) is -0.00463. The van der Waals surface area contributed by atoms with Crippen LogP contribution in [0.1, 0.15) is 6.42 Å². The van der Waals surface area contributed by atoms with Crippen molar-refractivity contribution in [2.24, 2.45) is 0 Å². The van der Waals surface area contributed by atoms with E-state index in [-0.39, 0.29) is 6.42 Å². The number of hydrogen-bond donors (Lipinski definition) is 3. The zero-order chi connectivity index (χ0) is 8.20. The summed E-state index contributed by atoms with van der Waals surface area (Å²) in [7, 11) is -2.64. The molecule has 0 heterocycles. The average Bonchev–Trinajstić information content (AvgIpc) is 1.80. The Morgan fingerprint density at radius 3 is 2.40 bits per heavy atom. The molecule has 0 aliphatic carbocycles. The highest BCUT2D eigenvalue weighted by molar-refractivity contribution is 7.86. The van der Waals surface area contributed by atoms with E-state index in [2.05, 4.69) is 5.32 Å². The molecule has 0 aromatic rings. The van der Waals surface area contributed by atoms with Gasteiger partial charge in [0.25, 0.3) is 10.1 Å². The molecule has 0 rings (SSSR count). The molecule has 1 unspecified atom stereocenters. The van der Waals surface area contributed by atoms with Gasteiger partial charge < -0.3 is 10.4 Å². The summed E-state index contributed by atoms with van der Waals surface area (Å²) in [5.74, 6) is 0. The van der Waals surface area contributed by atoms with Crippen molar-refractivity contribution in [3.63, 3.8) is 0 Å². The molecule has 0 aromatic heterocycles. The second kappa shape index (κ2) is 3.87. The Balaban J connectivity index is 3.75. The zero-order valence-corrected chi connectivity index (χ0v) is 6.43. The van der Waals surface area contributed by atoms with E-state index in [4.69, 9.17) is 9.66 Å². The van der Waals surface area contributed by atoms with Gasteiger partial charge >= 0.3 is 0 Å². The molecule has 0 aliphatic rings. The Kier molecular flexibility index (Phi) is 3.80. The minimum absolute atomic E-state index is 0.00463. The van der Waals surface area contributed by atoms with E-state index >= 15 is 0 Å². The van der Waals surface area contributed by atoms with Crippen LogP contribution in [0.5, 0.6) is 0 Å². The maximum atomic E-state index is 10.1.